The molecule has 0 unspecified atom stereocenters. The second kappa shape index (κ2) is 10.3. The first-order valence-corrected chi connectivity index (χ1v) is 10.9. The summed E-state index contributed by atoms with van der Waals surface area (Å²) in [5.74, 6) is 1.62. The van der Waals surface area contributed by atoms with Crippen LogP contribution in [0.4, 0.5) is 0 Å². The van der Waals surface area contributed by atoms with Gasteiger partial charge in [-0.1, -0.05) is 24.3 Å². The molecule has 0 radical (unpaired) electrons. The number of rotatable bonds is 8. The minimum Gasteiger partial charge on any atom is -0.497 e. The number of benzene rings is 2. The fourth-order valence-corrected chi connectivity index (χ4v) is 3.59. The number of sulfonamides is 1. The summed E-state index contributed by atoms with van der Waals surface area (Å²) < 4.78 is 30.7. The Morgan fingerprint density at radius 2 is 1.59 bits per heavy atom. The number of hydrogen-bond acceptors (Lipinski definition) is 4. The van der Waals surface area contributed by atoms with Crippen molar-refractivity contribution in [1.29, 1.82) is 0 Å². The van der Waals surface area contributed by atoms with Gasteiger partial charge in [-0.2, -0.15) is 0 Å². The Morgan fingerprint density at radius 1 is 1.00 bits per heavy atom. The third kappa shape index (κ3) is 6.20. The van der Waals surface area contributed by atoms with Crippen molar-refractivity contribution >= 4 is 16.0 Å². The molecular weight excluding hydrogens is 388 g/mol. The lowest BCUT2D eigenvalue weighted by atomic mass is 10.2. The Labute approximate surface area is 174 Å². The summed E-state index contributed by atoms with van der Waals surface area (Å²) in [4.78, 5) is 7.02. The first kappa shape index (κ1) is 22.7. The minimum atomic E-state index is -3.42. The zero-order valence-corrected chi connectivity index (χ0v) is 18.5. The lowest BCUT2D eigenvalue weighted by Crippen LogP contribution is -2.38. The summed E-state index contributed by atoms with van der Waals surface area (Å²) in [6.07, 6.45) is 0. The smallest absolute Gasteiger partial charge is 0.242 e. The number of ether oxygens (including phenoxy) is 1. The fourth-order valence-electron chi connectivity index (χ4n) is 2.69. The van der Waals surface area contributed by atoms with E-state index in [0.717, 1.165) is 29.4 Å². The number of hydrogen-bond donors (Lipinski definition) is 1. The molecule has 0 bridgehead atoms. The van der Waals surface area contributed by atoms with Gasteiger partial charge in [-0.15, -0.1) is 0 Å². The average Bonchev–Trinajstić information content (AvgIpc) is 2.71. The van der Waals surface area contributed by atoms with Gasteiger partial charge >= 0.3 is 0 Å². The Bertz CT molecular complexity index is 908. The number of nitrogens with one attached hydrogen (secondary N) is 1. The van der Waals surface area contributed by atoms with Crippen molar-refractivity contribution in [1.82, 2.24) is 14.5 Å². The van der Waals surface area contributed by atoms with Gasteiger partial charge in [-0.25, -0.2) is 17.7 Å². The second-order valence-electron chi connectivity index (χ2n) is 6.81. The highest BCUT2D eigenvalue weighted by atomic mass is 32.2. The maximum absolute atomic E-state index is 12.2. The molecule has 0 aliphatic carbocycles. The lowest BCUT2D eigenvalue weighted by Gasteiger charge is -2.22. The lowest BCUT2D eigenvalue weighted by molar-refractivity contribution is 0.414. The van der Waals surface area contributed by atoms with E-state index in [2.05, 4.69) is 15.2 Å². The molecule has 0 amide bonds. The molecule has 0 atom stereocenters. The van der Waals surface area contributed by atoms with Crippen molar-refractivity contribution < 1.29 is 13.2 Å². The van der Waals surface area contributed by atoms with Crippen LogP contribution in [0.25, 0.3) is 0 Å². The summed E-state index contributed by atoms with van der Waals surface area (Å²) in [6.45, 7) is 3.94. The Balaban J connectivity index is 2.09. The molecule has 0 aliphatic rings. The standard InChI is InChI=1S/C21H30N4O3S/c1-6-22-21(25(4)16-18-7-11-19(28-5)12-8-18)23-15-17-9-13-20(14-10-17)29(26,27)24(2)3/h7-14H,6,15-16H2,1-5H3,(H,22,23). The van der Waals surface area contributed by atoms with Gasteiger partial charge in [0.05, 0.1) is 18.6 Å². The second-order valence-corrected chi connectivity index (χ2v) is 8.96. The normalized spacial score (nSPS) is 12.1. The first-order valence-electron chi connectivity index (χ1n) is 9.41. The highest BCUT2D eigenvalue weighted by Crippen LogP contribution is 2.15. The summed E-state index contributed by atoms with van der Waals surface area (Å²) in [6, 6.07) is 14.8. The minimum absolute atomic E-state index is 0.277. The van der Waals surface area contributed by atoms with E-state index in [1.165, 1.54) is 18.4 Å². The third-order valence-electron chi connectivity index (χ3n) is 4.39. The largest absolute Gasteiger partial charge is 0.497 e. The molecule has 2 aromatic carbocycles. The molecule has 0 saturated carbocycles. The summed E-state index contributed by atoms with van der Waals surface area (Å²) in [5, 5.41) is 3.29. The van der Waals surface area contributed by atoms with Crippen molar-refractivity contribution in [2.24, 2.45) is 4.99 Å². The van der Waals surface area contributed by atoms with Crippen LogP contribution in [0, 0.1) is 0 Å². The van der Waals surface area contributed by atoms with Gasteiger partial charge in [0.1, 0.15) is 5.75 Å². The van der Waals surface area contributed by atoms with Gasteiger partial charge in [-0.3, -0.25) is 0 Å². The zero-order valence-electron chi connectivity index (χ0n) is 17.7. The van der Waals surface area contributed by atoms with Crippen LogP contribution in [0.2, 0.25) is 0 Å². The van der Waals surface area contributed by atoms with Crippen LogP contribution in [0.5, 0.6) is 5.75 Å². The van der Waals surface area contributed by atoms with Gasteiger partial charge in [-0.05, 0) is 42.3 Å². The molecule has 158 valence electrons. The van der Waals surface area contributed by atoms with Crippen LogP contribution in [-0.4, -0.2) is 58.4 Å². The van der Waals surface area contributed by atoms with Gasteiger partial charge < -0.3 is 15.0 Å². The first-order chi connectivity index (χ1) is 13.8. The highest BCUT2D eigenvalue weighted by Gasteiger charge is 2.16. The summed E-state index contributed by atoms with van der Waals surface area (Å²) >= 11 is 0. The topological polar surface area (TPSA) is 74.2 Å². The van der Waals surface area contributed by atoms with Crippen molar-refractivity contribution in [2.45, 2.75) is 24.9 Å². The molecule has 1 N–H and O–H groups in total. The van der Waals surface area contributed by atoms with Crippen molar-refractivity contribution in [2.75, 3.05) is 34.8 Å². The van der Waals surface area contributed by atoms with E-state index < -0.39 is 10.0 Å². The van der Waals surface area contributed by atoms with E-state index in [1.54, 1.807) is 31.4 Å². The van der Waals surface area contributed by atoms with Crippen molar-refractivity contribution in [3.63, 3.8) is 0 Å². The molecule has 7 nitrogen and oxygen atoms in total. The molecule has 0 saturated heterocycles. The molecule has 8 heteroatoms. The van der Waals surface area contributed by atoms with Gasteiger partial charge in [0.2, 0.25) is 10.0 Å². The summed E-state index contributed by atoms with van der Waals surface area (Å²) in [5.41, 5.74) is 2.09. The third-order valence-corrected chi connectivity index (χ3v) is 6.22. The maximum Gasteiger partial charge on any atom is 0.242 e. The molecule has 0 aromatic heterocycles. The highest BCUT2D eigenvalue weighted by molar-refractivity contribution is 7.89. The van der Waals surface area contributed by atoms with Crippen LogP contribution in [-0.2, 0) is 23.1 Å². The van der Waals surface area contributed by atoms with E-state index in [0.29, 0.717) is 13.1 Å². The molecular formula is C21H30N4O3S. The Morgan fingerprint density at radius 3 is 2.10 bits per heavy atom. The van der Waals surface area contributed by atoms with E-state index in [-0.39, 0.29) is 4.90 Å². The number of nitrogens with zero attached hydrogens (tertiary/aromatic N) is 3. The van der Waals surface area contributed by atoms with Crippen LogP contribution >= 0.6 is 0 Å². The number of guanidine groups is 1. The Hall–Kier alpha value is -2.58. The van der Waals surface area contributed by atoms with Gasteiger partial charge in [0, 0.05) is 34.2 Å². The fraction of sp³-hybridized carbons (Fsp3) is 0.381. The van der Waals surface area contributed by atoms with E-state index in [1.807, 2.05) is 38.2 Å². The van der Waals surface area contributed by atoms with Crippen LogP contribution in [0.3, 0.4) is 0 Å². The molecule has 0 aliphatic heterocycles. The van der Waals surface area contributed by atoms with Gasteiger partial charge in [0.25, 0.3) is 0 Å². The predicted molar refractivity (Wildman–Crippen MR) is 117 cm³/mol. The zero-order chi connectivity index (χ0) is 21.4. The molecule has 0 fully saturated rings. The molecule has 2 aromatic rings. The maximum atomic E-state index is 12.2. The molecule has 2 rings (SSSR count). The van der Waals surface area contributed by atoms with Crippen LogP contribution < -0.4 is 10.1 Å². The quantitative estimate of drug-likeness (QED) is 0.527. The number of methoxy groups -OCH3 is 1. The van der Waals surface area contributed by atoms with Gasteiger partial charge in [0.15, 0.2) is 5.96 Å². The van der Waals surface area contributed by atoms with Crippen LogP contribution in [0.15, 0.2) is 58.4 Å². The predicted octanol–water partition coefficient (Wildman–Crippen LogP) is 2.54. The van der Waals surface area contributed by atoms with E-state index in [9.17, 15) is 8.42 Å². The van der Waals surface area contributed by atoms with E-state index in [4.69, 9.17) is 4.74 Å². The molecule has 29 heavy (non-hydrogen) atoms. The van der Waals surface area contributed by atoms with E-state index >= 15 is 0 Å². The average molecular weight is 419 g/mol. The summed E-state index contributed by atoms with van der Waals surface area (Å²) in [7, 11) is 3.26. The monoisotopic (exact) mass is 418 g/mol. The van der Waals surface area contributed by atoms with Crippen molar-refractivity contribution in [3.05, 3.63) is 59.7 Å². The molecule has 0 heterocycles. The molecule has 0 spiro atoms. The Kier molecular flexibility index (Phi) is 8.04. The van der Waals surface area contributed by atoms with Crippen molar-refractivity contribution in [3.8, 4) is 5.75 Å². The van der Waals surface area contributed by atoms with Crippen LogP contribution in [0.1, 0.15) is 18.1 Å². The number of aliphatic imine (C=N–C) groups is 1. The SMILES string of the molecule is CCNC(=NCc1ccc(S(=O)(=O)N(C)C)cc1)N(C)Cc1ccc(OC)cc1.